The number of allylic oxidation sites excluding steroid dienone is 4. The summed E-state index contributed by atoms with van der Waals surface area (Å²) in [6, 6.07) is 3.78. The molecule has 204 valence electrons. The Morgan fingerprint density at radius 2 is 2.15 bits per heavy atom. The van der Waals surface area contributed by atoms with E-state index in [-0.39, 0.29) is 46.6 Å². The van der Waals surface area contributed by atoms with E-state index in [0.717, 1.165) is 41.2 Å². The molecule has 1 N–H and O–H groups in total. The second-order valence-corrected chi connectivity index (χ2v) is 13.4. The zero-order chi connectivity index (χ0) is 27.3. The summed E-state index contributed by atoms with van der Waals surface area (Å²) in [4.78, 5) is 40.6. The molecule has 0 amide bonds. The average molecular weight is 547 g/mol. The van der Waals surface area contributed by atoms with E-state index in [2.05, 4.69) is 18.8 Å². The molecule has 5 aliphatic rings. The van der Waals surface area contributed by atoms with Crippen molar-refractivity contribution >= 4 is 40.4 Å². The zero-order valence-corrected chi connectivity index (χ0v) is 23.6. The number of aliphatic hydroxyl groups excluding tert-OH is 1. The van der Waals surface area contributed by atoms with Crippen LogP contribution in [-0.4, -0.2) is 60.6 Å². The van der Waals surface area contributed by atoms with E-state index >= 15 is 0 Å². The molecule has 1 aliphatic heterocycles. The summed E-state index contributed by atoms with van der Waals surface area (Å²) in [7, 11) is 1.92. The second-order valence-electron chi connectivity index (χ2n) is 12.5. The number of carbonyl (C=O) groups is 2. The molecule has 2 aromatic rings. The first-order chi connectivity index (χ1) is 18.6. The van der Waals surface area contributed by atoms with Crippen LogP contribution in [0.25, 0.3) is 11.2 Å². The van der Waals surface area contributed by atoms with Gasteiger partial charge in [-0.2, -0.15) is 0 Å². The number of aliphatic hydroxyl groups is 1. The first kappa shape index (κ1) is 25.2. The number of Topliss-reactive ketones (excluding diaryl/α,β-unsaturated/α-hetero) is 1. The number of aryl methyl sites for hydroxylation is 1. The molecule has 9 heteroatoms. The maximum Gasteiger partial charge on any atom is 0.181 e. The van der Waals surface area contributed by atoms with Gasteiger partial charge in [0.1, 0.15) is 11.6 Å². The van der Waals surface area contributed by atoms with E-state index in [1.54, 1.807) is 18.3 Å². The first-order valence-corrected chi connectivity index (χ1v) is 14.9. The number of ether oxygens (including phenoxy) is 1. The average Bonchev–Trinajstić information content (AvgIpc) is 3.49. The molecule has 0 radical (unpaired) electrons. The van der Waals surface area contributed by atoms with Crippen LogP contribution in [0.5, 0.6) is 0 Å². The standard InChI is InChI=1S/C30H34N4O4S/c1-16-33-30(23(37)15-39-27-32-21-6-5-11-31-26(21)34(27)4)24(38-16)13-20-19-8-7-17-12-18(35)9-10-28(17,2)25(19)22(36)14-29(20,30)3/h5-6,9-12,19-20,22,24-25,36H,7-8,13-15H2,1-4H3/t19?,20?,22-,24+,25?,28?,29?,30+/m0/s1. The SMILES string of the molecule is CC1=N[C@]2(C(=O)CSc3nc4cccnc4n3C)[C@@H](CC3C4CCC5=CC(=O)C=CC5(C)C4[C@@H](O)CC32C)O1. The molecule has 39 heavy (non-hydrogen) atoms. The fraction of sp³-hybridized carbons (Fsp3) is 0.567. The van der Waals surface area contributed by atoms with E-state index in [4.69, 9.17) is 14.7 Å². The third kappa shape index (κ3) is 3.26. The van der Waals surface area contributed by atoms with Crippen LogP contribution in [-0.2, 0) is 21.4 Å². The maximum atomic E-state index is 14.3. The summed E-state index contributed by atoms with van der Waals surface area (Å²) in [5, 5.41) is 12.6. The Labute approximate surface area is 232 Å². The van der Waals surface area contributed by atoms with Gasteiger partial charge in [-0.05, 0) is 61.8 Å². The highest BCUT2D eigenvalue weighted by atomic mass is 32.2. The number of aromatic nitrogens is 3. The van der Waals surface area contributed by atoms with Crippen LogP contribution in [0.3, 0.4) is 0 Å². The van der Waals surface area contributed by atoms with Crippen LogP contribution < -0.4 is 0 Å². The Kier molecular flexibility index (Phi) is 5.41. The predicted molar refractivity (Wildman–Crippen MR) is 148 cm³/mol. The molecular weight excluding hydrogens is 512 g/mol. The summed E-state index contributed by atoms with van der Waals surface area (Å²) < 4.78 is 8.21. The van der Waals surface area contributed by atoms with Crippen molar-refractivity contribution in [1.29, 1.82) is 0 Å². The number of fused-ring (bicyclic) bond motifs is 8. The van der Waals surface area contributed by atoms with Gasteiger partial charge in [-0.25, -0.2) is 15.0 Å². The first-order valence-electron chi connectivity index (χ1n) is 13.9. The summed E-state index contributed by atoms with van der Waals surface area (Å²) >= 11 is 1.42. The van der Waals surface area contributed by atoms with Crippen LogP contribution in [0.15, 0.2) is 52.3 Å². The molecule has 5 unspecified atom stereocenters. The number of thioether (sulfide) groups is 1. The van der Waals surface area contributed by atoms with Crippen molar-refractivity contribution in [2.45, 2.75) is 69.4 Å². The van der Waals surface area contributed by atoms with Gasteiger partial charge in [0, 0.05) is 36.9 Å². The van der Waals surface area contributed by atoms with Gasteiger partial charge < -0.3 is 14.4 Å². The third-order valence-corrected chi connectivity index (χ3v) is 11.7. The number of nitrogens with zero attached hydrogens (tertiary/aromatic N) is 4. The highest BCUT2D eigenvalue weighted by Gasteiger charge is 2.74. The number of ketones is 2. The van der Waals surface area contributed by atoms with Crippen LogP contribution in [0.1, 0.15) is 46.5 Å². The molecule has 8 nitrogen and oxygen atoms in total. The van der Waals surface area contributed by atoms with Crippen molar-refractivity contribution in [1.82, 2.24) is 14.5 Å². The summed E-state index contributed by atoms with van der Waals surface area (Å²) in [5.74, 6) is 1.24. The van der Waals surface area contributed by atoms with Gasteiger partial charge in [0.05, 0.1) is 11.9 Å². The minimum absolute atomic E-state index is 0.00199. The smallest absolute Gasteiger partial charge is 0.181 e. The molecular formula is C30H34N4O4S. The lowest BCUT2D eigenvalue weighted by Crippen LogP contribution is -2.62. The molecule has 0 spiro atoms. The molecule has 2 aromatic heterocycles. The van der Waals surface area contributed by atoms with Crippen LogP contribution in [0.4, 0.5) is 0 Å². The Bertz CT molecular complexity index is 1510. The number of carbonyl (C=O) groups excluding carboxylic acids is 2. The third-order valence-electron chi connectivity index (χ3n) is 10.7. The van der Waals surface area contributed by atoms with Crippen LogP contribution >= 0.6 is 11.8 Å². The molecule has 0 bridgehead atoms. The Balaban J connectivity index is 1.23. The van der Waals surface area contributed by atoms with Crippen molar-refractivity contribution in [3.63, 3.8) is 0 Å². The quantitative estimate of drug-likeness (QED) is 0.576. The van der Waals surface area contributed by atoms with Gasteiger partial charge in [-0.15, -0.1) is 0 Å². The zero-order valence-electron chi connectivity index (χ0n) is 22.8. The number of pyridine rings is 1. The molecule has 3 saturated carbocycles. The lowest BCUT2D eigenvalue weighted by Gasteiger charge is -2.59. The fourth-order valence-electron chi connectivity index (χ4n) is 9.06. The van der Waals surface area contributed by atoms with Crippen molar-refractivity contribution in [2.75, 3.05) is 5.75 Å². The van der Waals surface area contributed by atoms with Gasteiger partial charge in [-0.3, -0.25) is 9.59 Å². The number of rotatable bonds is 4. The van der Waals surface area contributed by atoms with Crippen molar-refractivity contribution in [2.24, 2.45) is 40.6 Å². The van der Waals surface area contributed by atoms with E-state index in [0.29, 0.717) is 12.3 Å². The molecule has 4 aliphatic carbocycles. The van der Waals surface area contributed by atoms with Gasteiger partial charge in [0.25, 0.3) is 0 Å². The Morgan fingerprint density at radius 1 is 1.33 bits per heavy atom. The number of hydrogen-bond acceptors (Lipinski definition) is 8. The predicted octanol–water partition coefficient (Wildman–Crippen LogP) is 4.07. The van der Waals surface area contributed by atoms with Gasteiger partial charge in [0.15, 0.2) is 33.8 Å². The Morgan fingerprint density at radius 3 is 2.95 bits per heavy atom. The monoisotopic (exact) mass is 546 g/mol. The lowest BCUT2D eigenvalue weighted by molar-refractivity contribution is -0.141. The maximum absolute atomic E-state index is 14.3. The largest absolute Gasteiger partial charge is 0.475 e. The van der Waals surface area contributed by atoms with Crippen molar-refractivity contribution in [3.8, 4) is 0 Å². The number of aliphatic imine (C=N–C) groups is 1. The Hall–Kier alpha value is -2.78. The molecule has 7 rings (SSSR count). The summed E-state index contributed by atoms with van der Waals surface area (Å²) in [5.41, 5.74) is 0.800. The minimum Gasteiger partial charge on any atom is -0.475 e. The number of hydrogen-bond donors (Lipinski definition) is 1. The van der Waals surface area contributed by atoms with Gasteiger partial charge >= 0.3 is 0 Å². The summed E-state index contributed by atoms with van der Waals surface area (Å²) in [6.45, 7) is 6.17. The molecule has 3 heterocycles. The molecule has 8 atom stereocenters. The fourth-order valence-corrected chi connectivity index (χ4v) is 9.98. The van der Waals surface area contributed by atoms with Gasteiger partial charge in [-0.1, -0.05) is 37.3 Å². The normalized spacial score (nSPS) is 40.3. The second kappa shape index (κ2) is 8.36. The van der Waals surface area contributed by atoms with Crippen LogP contribution in [0, 0.1) is 28.6 Å². The van der Waals surface area contributed by atoms with Gasteiger partial charge in [0.2, 0.25) is 0 Å². The van der Waals surface area contributed by atoms with E-state index in [1.165, 1.54) is 11.8 Å². The van der Waals surface area contributed by atoms with Crippen molar-refractivity contribution < 1.29 is 19.4 Å². The topological polar surface area (TPSA) is 107 Å². The molecule has 0 saturated heterocycles. The number of imidazole rings is 1. The molecule has 0 aromatic carbocycles. The highest BCUT2D eigenvalue weighted by Crippen LogP contribution is 2.69. The van der Waals surface area contributed by atoms with E-state index in [1.807, 2.05) is 36.7 Å². The van der Waals surface area contributed by atoms with Crippen LogP contribution in [0.2, 0.25) is 0 Å². The summed E-state index contributed by atoms with van der Waals surface area (Å²) in [6.07, 6.45) is 9.20. The molecule has 3 fully saturated rings. The highest BCUT2D eigenvalue weighted by molar-refractivity contribution is 7.99. The minimum atomic E-state index is -1.03. The lowest BCUT2D eigenvalue weighted by atomic mass is 9.46. The van der Waals surface area contributed by atoms with E-state index in [9.17, 15) is 14.7 Å². The van der Waals surface area contributed by atoms with E-state index < -0.39 is 17.1 Å². The van der Waals surface area contributed by atoms with Crippen molar-refractivity contribution in [3.05, 3.63) is 42.1 Å².